The second-order valence-corrected chi connectivity index (χ2v) is 7.36. The predicted octanol–water partition coefficient (Wildman–Crippen LogP) is 2.82. The van der Waals surface area contributed by atoms with Crippen molar-refractivity contribution in [2.75, 3.05) is 13.6 Å². The maximum atomic E-state index is 13.8. The first-order valence-electron chi connectivity index (χ1n) is 8.29. The number of hydrogen-bond acceptors (Lipinski definition) is 4. The molecule has 8 heteroatoms. The SMILES string of the molecule is CN[C@H]1CN(C(=O)OC(C)(C)C)Cc2[nH]c(=O)c3cc(F)c(F)cc3c21. The number of benzene rings is 1. The number of likely N-dealkylation sites (N-methyl/N-ethyl adjacent to an activating group) is 1. The number of fused-ring (bicyclic) bond motifs is 3. The quantitative estimate of drug-likeness (QED) is 0.815. The number of nitrogens with zero attached hydrogens (tertiary/aromatic N) is 1. The maximum Gasteiger partial charge on any atom is 0.410 e. The highest BCUT2D eigenvalue weighted by molar-refractivity contribution is 5.86. The molecule has 1 amide bonds. The van der Waals surface area contributed by atoms with Gasteiger partial charge in [0.05, 0.1) is 18.0 Å². The Balaban J connectivity index is 2.11. The molecular formula is C18H21F2N3O3. The van der Waals surface area contributed by atoms with E-state index in [2.05, 4.69) is 10.3 Å². The van der Waals surface area contributed by atoms with E-state index in [0.717, 1.165) is 12.1 Å². The highest BCUT2D eigenvalue weighted by Crippen LogP contribution is 2.32. The van der Waals surface area contributed by atoms with Gasteiger partial charge < -0.3 is 19.9 Å². The maximum absolute atomic E-state index is 13.8. The lowest BCUT2D eigenvalue weighted by Crippen LogP contribution is -2.45. The number of halogens is 2. The van der Waals surface area contributed by atoms with E-state index in [1.54, 1.807) is 27.8 Å². The van der Waals surface area contributed by atoms with Crippen molar-refractivity contribution in [3.63, 3.8) is 0 Å². The lowest BCUT2D eigenvalue weighted by molar-refractivity contribution is 0.0195. The Morgan fingerprint density at radius 3 is 2.46 bits per heavy atom. The number of carbonyl (C=O) groups excluding carboxylic acids is 1. The lowest BCUT2D eigenvalue weighted by atomic mass is 9.94. The Bertz CT molecular complexity index is 934. The number of aromatic nitrogens is 1. The van der Waals surface area contributed by atoms with E-state index >= 15 is 0 Å². The van der Waals surface area contributed by atoms with E-state index in [0.29, 0.717) is 16.6 Å². The molecule has 0 saturated heterocycles. The molecule has 6 nitrogen and oxygen atoms in total. The van der Waals surface area contributed by atoms with Gasteiger partial charge in [-0.25, -0.2) is 13.6 Å². The minimum absolute atomic E-state index is 0.0774. The van der Waals surface area contributed by atoms with Gasteiger partial charge in [0.15, 0.2) is 11.6 Å². The number of nitrogens with one attached hydrogen (secondary N) is 2. The Morgan fingerprint density at radius 1 is 1.27 bits per heavy atom. The molecule has 0 fully saturated rings. The van der Waals surface area contributed by atoms with Gasteiger partial charge in [-0.15, -0.1) is 0 Å². The fourth-order valence-corrected chi connectivity index (χ4v) is 3.18. The second-order valence-electron chi connectivity index (χ2n) is 7.36. The minimum Gasteiger partial charge on any atom is -0.444 e. The number of pyridine rings is 1. The molecule has 2 aromatic rings. The number of ether oxygens (including phenoxy) is 1. The molecule has 0 radical (unpaired) electrons. The zero-order valence-electron chi connectivity index (χ0n) is 15.1. The van der Waals surface area contributed by atoms with Crippen LogP contribution in [0.1, 0.15) is 38.1 Å². The fourth-order valence-electron chi connectivity index (χ4n) is 3.18. The van der Waals surface area contributed by atoms with Gasteiger partial charge in [-0.1, -0.05) is 0 Å². The summed E-state index contributed by atoms with van der Waals surface area (Å²) in [7, 11) is 1.70. The molecule has 1 aromatic heterocycles. The van der Waals surface area contributed by atoms with Crippen molar-refractivity contribution in [1.29, 1.82) is 0 Å². The Hall–Kier alpha value is -2.48. The summed E-state index contributed by atoms with van der Waals surface area (Å²) in [5, 5.41) is 3.48. The highest BCUT2D eigenvalue weighted by Gasteiger charge is 2.32. The van der Waals surface area contributed by atoms with Gasteiger partial charge in [0.25, 0.3) is 5.56 Å². The number of aromatic amines is 1. The first-order valence-corrected chi connectivity index (χ1v) is 8.29. The summed E-state index contributed by atoms with van der Waals surface area (Å²) in [4.78, 5) is 28.9. The van der Waals surface area contributed by atoms with E-state index in [-0.39, 0.29) is 24.5 Å². The minimum atomic E-state index is -1.07. The molecule has 2 N–H and O–H groups in total. The van der Waals surface area contributed by atoms with Crippen molar-refractivity contribution >= 4 is 16.9 Å². The van der Waals surface area contributed by atoms with Crippen LogP contribution in [0.3, 0.4) is 0 Å². The molecule has 26 heavy (non-hydrogen) atoms. The third-order valence-electron chi connectivity index (χ3n) is 4.29. The van der Waals surface area contributed by atoms with Crippen molar-refractivity contribution in [3.05, 3.63) is 45.4 Å². The van der Waals surface area contributed by atoms with Crippen molar-refractivity contribution in [3.8, 4) is 0 Å². The molecule has 0 bridgehead atoms. The number of H-pyrrole nitrogens is 1. The van der Waals surface area contributed by atoms with Crippen LogP contribution in [0.25, 0.3) is 10.8 Å². The standard InChI is InChI=1S/C18H21F2N3O3/c1-18(2,3)26-17(25)23-7-13(21-4)15-9-5-11(19)12(20)6-10(9)16(24)22-14(15)8-23/h5-6,13,21H,7-8H2,1-4H3,(H,22,24)/t13-/m0/s1. The first kappa shape index (κ1) is 18.3. The smallest absolute Gasteiger partial charge is 0.410 e. The summed E-state index contributed by atoms with van der Waals surface area (Å²) in [5.74, 6) is -2.09. The molecule has 0 saturated carbocycles. The molecule has 2 heterocycles. The van der Waals surface area contributed by atoms with Gasteiger partial charge in [0, 0.05) is 17.8 Å². The summed E-state index contributed by atoms with van der Waals surface area (Å²) < 4.78 is 32.7. The molecule has 0 spiro atoms. The van der Waals surface area contributed by atoms with Crippen molar-refractivity contribution in [1.82, 2.24) is 15.2 Å². The molecule has 0 aliphatic carbocycles. The molecule has 3 rings (SSSR count). The number of rotatable bonds is 1. The topological polar surface area (TPSA) is 74.4 Å². The third kappa shape index (κ3) is 3.29. The summed E-state index contributed by atoms with van der Waals surface area (Å²) in [5.41, 5.74) is -0.0476. The fraction of sp³-hybridized carbons (Fsp3) is 0.444. The molecule has 1 atom stereocenters. The predicted molar refractivity (Wildman–Crippen MR) is 92.9 cm³/mol. The van der Waals surface area contributed by atoms with Crippen LogP contribution >= 0.6 is 0 Å². The average Bonchev–Trinajstić information content (AvgIpc) is 2.54. The summed E-state index contributed by atoms with van der Waals surface area (Å²) in [6.45, 7) is 5.70. The Morgan fingerprint density at radius 2 is 1.88 bits per heavy atom. The average molecular weight is 365 g/mol. The van der Waals surface area contributed by atoms with E-state index in [1.807, 2.05) is 0 Å². The van der Waals surface area contributed by atoms with Crippen LogP contribution in [0, 0.1) is 11.6 Å². The first-order chi connectivity index (χ1) is 12.1. The van der Waals surface area contributed by atoms with E-state index in [1.165, 1.54) is 4.90 Å². The zero-order valence-corrected chi connectivity index (χ0v) is 15.1. The highest BCUT2D eigenvalue weighted by atomic mass is 19.2. The van der Waals surface area contributed by atoms with Crippen molar-refractivity contribution in [2.45, 2.75) is 39.0 Å². The largest absolute Gasteiger partial charge is 0.444 e. The van der Waals surface area contributed by atoms with Crippen LogP contribution in [-0.2, 0) is 11.3 Å². The molecule has 1 aromatic carbocycles. The third-order valence-corrected chi connectivity index (χ3v) is 4.29. The molecular weight excluding hydrogens is 344 g/mol. The van der Waals surface area contributed by atoms with E-state index < -0.39 is 28.9 Å². The van der Waals surface area contributed by atoms with E-state index in [9.17, 15) is 18.4 Å². The van der Waals surface area contributed by atoms with Gasteiger partial charge in [0.1, 0.15) is 5.60 Å². The Labute approximate surface area is 149 Å². The summed E-state index contributed by atoms with van der Waals surface area (Å²) >= 11 is 0. The van der Waals surface area contributed by atoms with Gasteiger partial charge in [-0.2, -0.15) is 0 Å². The normalized spacial score (nSPS) is 17.3. The molecule has 1 aliphatic heterocycles. The summed E-state index contributed by atoms with van der Waals surface area (Å²) in [6, 6.07) is 1.57. The zero-order chi connectivity index (χ0) is 19.2. The monoisotopic (exact) mass is 365 g/mol. The number of amides is 1. The molecule has 1 aliphatic rings. The van der Waals surface area contributed by atoms with Crippen LogP contribution in [-0.4, -0.2) is 35.2 Å². The second kappa shape index (κ2) is 6.35. The lowest BCUT2D eigenvalue weighted by Gasteiger charge is -2.35. The van der Waals surface area contributed by atoms with Gasteiger partial charge >= 0.3 is 6.09 Å². The summed E-state index contributed by atoms with van der Waals surface area (Å²) in [6.07, 6.45) is -0.505. The number of hydrogen-bond donors (Lipinski definition) is 2. The van der Waals surface area contributed by atoms with Crippen LogP contribution in [0.2, 0.25) is 0 Å². The van der Waals surface area contributed by atoms with Crippen LogP contribution in [0.4, 0.5) is 13.6 Å². The van der Waals surface area contributed by atoms with Crippen LogP contribution < -0.4 is 10.9 Å². The van der Waals surface area contributed by atoms with Gasteiger partial charge in [-0.05, 0) is 45.3 Å². The molecule has 0 unspecified atom stereocenters. The van der Waals surface area contributed by atoms with Crippen molar-refractivity contribution < 1.29 is 18.3 Å². The van der Waals surface area contributed by atoms with Crippen LogP contribution in [0.5, 0.6) is 0 Å². The van der Waals surface area contributed by atoms with Gasteiger partial charge in [-0.3, -0.25) is 4.79 Å². The Kier molecular flexibility index (Phi) is 4.47. The number of carbonyl (C=O) groups is 1. The van der Waals surface area contributed by atoms with Crippen LogP contribution in [0.15, 0.2) is 16.9 Å². The molecule has 140 valence electrons. The van der Waals surface area contributed by atoms with Crippen molar-refractivity contribution in [2.24, 2.45) is 0 Å². The van der Waals surface area contributed by atoms with E-state index in [4.69, 9.17) is 4.74 Å². The van der Waals surface area contributed by atoms with Gasteiger partial charge in [0.2, 0.25) is 0 Å².